The number of rotatable bonds is 4. The number of piperidine rings is 1. The summed E-state index contributed by atoms with van der Waals surface area (Å²) in [4.78, 5) is 14.7. The summed E-state index contributed by atoms with van der Waals surface area (Å²) in [7, 11) is -1.63. The number of benzene rings is 1. The third kappa shape index (κ3) is 5.20. The third-order valence-electron chi connectivity index (χ3n) is 6.14. The molecule has 6 nitrogen and oxygen atoms in total. The predicted molar refractivity (Wildman–Crippen MR) is 112 cm³/mol. The predicted octanol–water partition coefficient (Wildman–Crippen LogP) is 2.08. The van der Waals surface area contributed by atoms with Crippen LogP contribution in [0.25, 0.3) is 0 Å². The van der Waals surface area contributed by atoms with Crippen LogP contribution in [-0.4, -0.2) is 96.6 Å². The Kier molecular flexibility index (Phi) is 7.67. The molecule has 149 valence electrons. The summed E-state index contributed by atoms with van der Waals surface area (Å²) in [5.41, 5.74) is 5.93. The number of hydrogen-bond donors (Lipinski definition) is 2. The molecule has 4 rings (SSSR count). The van der Waals surface area contributed by atoms with Crippen molar-refractivity contribution in [3.05, 3.63) is 28.3 Å². The van der Waals surface area contributed by atoms with Crippen LogP contribution in [0.15, 0.2) is 6.07 Å². The Labute approximate surface area is 210 Å². The van der Waals surface area contributed by atoms with Gasteiger partial charge in [-0.25, -0.2) is 17.9 Å². The zero-order valence-electron chi connectivity index (χ0n) is 17.0. The van der Waals surface area contributed by atoms with E-state index in [1.54, 1.807) is 0 Å². The summed E-state index contributed by atoms with van der Waals surface area (Å²) in [6, 6.07) is 1.68. The monoisotopic (exact) mass is 430 g/mol. The Balaban J connectivity index is 0.00000225. The number of amides is 2. The average Bonchev–Trinajstić information content (AvgIpc) is 3.22. The van der Waals surface area contributed by atoms with Gasteiger partial charge in [-0.15, -0.1) is 0 Å². The van der Waals surface area contributed by atoms with Crippen molar-refractivity contribution in [2.75, 3.05) is 31.2 Å². The van der Waals surface area contributed by atoms with E-state index in [4.69, 9.17) is 0 Å². The number of carbonyl (C=O) groups is 1. The van der Waals surface area contributed by atoms with Crippen LogP contribution < -0.4 is 10.0 Å². The zero-order chi connectivity index (χ0) is 19.0. The molecule has 2 N–H and O–H groups in total. The molecule has 0 aromatic heterocycles. The summed E-state index contributed by atoms with van der Waals surface area (Å²) in [6.45, 7) is 1.77. The molecule has 1 aromatic rings. The molecule has 8 heteroatoms. The van der Waals surface area contributed by atoms with E-state index in [1.807, 2.05) is 7.05 Å². The van der Waals surface area contributed by atoms with Crippen molar-refractivity contribution in [1.82, 2.24) is 9.62 Å². The van der Waals surface area contributed by atoms with Gasteiger partial charge in [0.15, 0.2) is 0 Å². The second-order valence-electron chi connectivity index (χ2n) is 8.34. The van der Waals surface area contributed by atoms with Crippen molar-refractivity contribution in [3.8, 4) is 0 Å². The summed E-state index contributed by atoms with van der Waals surface area (Å²) < 4.78 is 27.2. The molecule has 3 aliphatic rings. The van der Waals surface area contributed by atoms with Crippen molar-refractivity contribution >= 4 is 73.1 Å². The molecule has 0 spiro atoms. The maximum absolute atomic E-state index is 12.5. The van der Waals surface area contributed by atoms with Gasteiger partial charge in [-0.1, -0.05) is 6.07 Å². The third-order valence-corrected chi connectivity index (χ3v) is 7.54. The fraction of sp³-hybridized carbons (Fsp3) is 0.650. The SMILES string of the molecule is CN1CCCC(CS(=O)(=O)NC(=O)Nc2c3c(cc4c2CCC4)CCC3)C1.[K]. The molecule has 1 saturated heterocycles. The van der Waals surface area contributed by atoms with E-state index in [1.165, 1.54) is 22.3 Å². The Morgan fingerprint density at radius 2 is 1.75 bits per heavy atom. The van der Waals surface area contributed by atoms with Gasteiger partial charge in [-0.05, 0) is 93.1 Å². The largest absolute Gasteiger partial charge is 0.332 e. The first kappa shape index (κ1) is 22.7. The molecule has 2 aliphatic carbocycles. The van der Waals surface area contributed by atoms with Gasteiger partial charge in [-0.2, -0.15) is 0 Å². The molecular formula is C20H29KN3O3S. The number of aryl methyl sites for hydroxylation is 2. The number of urea groups is 1. The molecule has 28 heavy (non-hydrogen) atoms. The van der Waals surface area contributed by atoms with E-state index in [0.29, 0.717) is 0 Å². The fourth-order valence-corrected chi connectivity index (χ4v) is 6.32. The van der Waals surface area contributed by atoms with E-state index < -0.39 is 16.1 Å². The van der Waals surface area contributed by atoms with Gasteiger partial charge in [-0.3, -0.25) is 0 Å². The van der Waals surface area contributed by atoms with Crippen LogP contribution in [0.3, 0.4) is 0 Å². The minimum atomic E-state index is -3.64. The molecule has 1 aromatic carbocycles. The van der Waals surface area contributed by atoms with E-state index in [2.05, 4.69) is 21.0 Å². The topological polar surface area (TPSA) is 78.5 Å². The smallest absolute Gasteiger partial charge is 0.307 e. The number of likely N-dealkylation sites (tertiary alicyclic amines) is 1. The number of nitrogens with one attached hydrogen (secondary N) is 2. The standard InChI is InChI=1S/C20H29N3O3S.K/c1-23-10-4-5-14(12-23)13-27(25,26)22-20(24)21-19-17-8-2-6-15(17)11-16-7-3-9-18(16)19;/h11,14H,2-10,12-13H2,1H3,(H2,21,22,24);. The number of sulfonamides is 1. The summed E-state index contributed by atoms with van der Waals surface area (Å²) in [5, 5.41) is 2.91. The number of hydrogen-bond acceptors (Lipinski definition) is 4. The van der Waals surface area contributed by atoms with Gasteiger partial charge in [0.25, 0.3) is 0 Å². The van der Waals surface area contributed by atoms with Crippen molar-refractivity contribution in [1.29, 1.82) is 0 Å². The number of fused-ring (bicyclic) bond motifs is 2. The van der Waals surface area contributed by atoms with Gasteiger partial charge in [0, 0.05) is 63.6 Å². The van der Waals surface area contributed by atoms with Crippen LogP contribution in [0, 0.1) is 5.92 Å². The molecule has 0 bridgehead atoms. The number of carbonyl (C=O) groups excluding carboxylic acids is 1. The van der Waals surface area contributed by atoms with E-state index >= 15 is 0 Å². The fourth-order valence-electron chi connectivity index (χ4n) is 5.01. The molecule has 1 fully saturated rings. The molecule has 1 aliphatic heterocycles. The Morgan fingerprint density at radius 1 is 1.11 bits per heavy atom. The van der Waals surface area contributed by atoms with Gasteiger partial charge in [0.1, 0.15) is 0 Å². The summed E-state index contributed by atoms with van der Waals surface area (Å²) in [6.07, 6.45) is 8.11. The zero-order valence-corrected chi connectivity index (χ0v) is 21.0. The van der Waals surface area contributed by atoms with Gasteiger partial charge in [0.2, 0.25) is 10.0 Å². The first-order valence-electron chi connectivity index (χ1n) is 10.1. The van der Waals surface area contributed by atoms with Crippen molar-refractivity contribution in [3.63, 3.8) is 0 Å². The second-order valence-corrected chi connectivity index (χ2v) is 10.1. The van der Waals surface area contributed by atoms with Crippen LogP contribution >= 0.6 is 0 Å². The number of nitrogens with zero attached hydrogens (tertiary/aromatic N) is 1. The van der Waals surface area contributed by atoms with E-state index in [-0.39, 0.29) is 63.1 Å². The number of anilines is 1. The summed E-state index contributed by atoms with van der Waals surface area (Å²) in [5.74, 6) is 0.0923. The molecule has 1 unspecified atom stereocenters. The van der Waals surface area contributed by atoms with Crippen LogP contribution in [0.4, 0.5) is 10.5 Å². The van der Waals surface area contributed by atoms with Crippen LogP contribution in [0.5, 0.6) is 0 Å². The van der Waals surface area contributed by atoms with Gasteiger partial charge < -0.3 is 10.2 Å². The Morgan fingerprint density at radius 3 is 2.36 bits per heavy atom. The first-order valence-corrected chi connectivity index (χ1v) is 11.7. The summed E-state index contributed by atoms with van der Waals surface area (Å²) >= 11 is 0. The molecule has 0 saturated carbocycles. The Hall–Kier alpha value is 0.0364. The van der Waals surface area contributed by atoms with Crippen molar-refractivity contribution in [2.45, 2.75) is 51.4 Å². The molecular weight excluding hydrogens is 401 g/mol. The molecule has 2 amide bonds. The maximum Gasteiger partial charge on any atom is 0.332 e. The minimum Gasteiger partial charge on any atom is -0.307 e. The Bertz CT molecular complexity index is 824. The van der Waals surface area contributed by atoms with Gasteiger partial charge in [0.05, 0.1) is 5.75 Å². The normalized spacial score (nSPS) is 21.5. The van der Waals surface area contributed by atoms with Crippen LogP contribution in [-0.2, 0) is 35.7 Å². The van der Waals surface area contributed by atoms with E-state index in [9.17, 15) is 13.2 Å². The molecule has 1 heterocycles. The minimum absolute atomic E-state index is 0. The molecule has 1 radical (unpaired) electrons. The van der Waals surface area contributed by atoms with Gasteiger partial charge >= 0.3 is 6.03 Å². The first-order chi connectivity index (χ1) is 12.9. The average molecular weight is 431 g/mol. The second kappa shape index (κ2) is 9.45. The van der Waals surface area contributed by atoms with Crippen LogP contribution in [0.2, 0.25) is 0 Å². The van der Waals surface area contributed by atoms with Crippen molar-refractivity contribution < 1.29 is 13.2 Å². The quantitative estimate of drug-likeness (QED) is 0.717. The van der Waals surface area contributed by atoms with Crippen LogP contribution in [0.1, 0.15) is 47.9 Å². The molecule has 1 atom stereocenters. The maximum atomic E-state index is 12.5. The van der Waals surface area contributed by atoms with Crippen molar-refractivity contribution in [2.24, 2.45) is 5.92 Å². The van der Waals surface area contributed by atoms with E-state index in [0.717, 1.165) is 70.1 Å².